The molecule has 110 valence electrons. The van der Waals surface area contributed by atoms with Crippen LogP contribution in [0.4, 0.5) is 10.1 Å². The lowest BCUT2D eigenvalue weighted by atomic mass is 10.1. The Bertz CT molecular complexity index is 692. The molecular formula is C14H12BrFN2O3. The summed E-state index contributed by atoms with van der Waals surface area (Å²) in [6, 6.07) is 7.80. The zero-order valence-corrected chi connectivity index (χ0v) is 12.6. The highest BCUT2D eigenvalue weighted by Gasteiger charge is 2.18. The molecule has 1 atom stereocenters. The number of hydrogen-bond donors (Lipinski definition) is 1. The van der Waals surface area contributed by atoms with Gasteiger partial charge in [-0.15, -0.1) is 0 Å². The second-order valence-corrected chi connectivity index (χ2v) is 5.36. The van der Waals surface area contributed by atoms with Crippen LogP contribution >= 0.6 is 15.9 Å². The van der Waals surface area contributed by atoms with E-state index in [-0.39, 0.29) is 17.5 Å². The van der Waals surface area contributed by atoms with E-state index in [0.29, 0.717) is 11.3 Å². The second kappa shape index (κ2) is 6.19. The van der Waals surface area contributed by atoms with Crippen LogP contribution < -0.4 is 10.5 Å². The van der Waals surface area contributed by atoms with Crippen molar-refractivity contribution in [2.75, 3.05) is 0 Å². The molecule has 0 aliphatic rings. The van der Waals surface area contributed by atoms with Gasteiger partial charge >= 0.3 is 5.69 Å². The largest absolute Gasteiger partial charge is 0.450 e. The van der Waals surface area contributed by atoms with Crippen molar-refractivity contribution in [1.82, 2.24) is 0 Å². The Balaban J connectivity index is 2.47. The molecule has 0 aliphatic heterocycles. The Morgan fingerprint density at radius 3 is 2.62 bits per heavy atom. The molecular weight excluding hydrogens is 343 g/mol. The van der Waals surface area contributed by atoms with E-state index < -0.39 is 10.7 Å². The Morgan fingerprint density at radius 2 is 2.00 bits per heavy atom. The molecule has 7 heteroatoms. The Morgan fingerprint density at radius 1 is 1.29 bits per heavy atom. The highest BCUT2D eigenvalue weighted by atomic mass is 79.9. The second-order valence-electron chi connectivity index (χ2n) is 4.44. The van der Waals surface area contributed by atoms with Gasteiger partial charge < -0.3 is 10.5 Å². The molecule has 0 aliphatic carbocycles. The number of nitro groups is 1. The maximum Gasteiger partial charge on any atom is 0.311 e. The summed E-state index contributed by atoms with van der Waals surface area (Å²) in [4.78, 5) is 10.3. The van der Waals surface area contributed by atoms with Gasteiger partial charge in [0, 0.05) is 28.2 Å². The summed E-state index contributed by atoms with van der Waals surface area (Å²) in [6.45, 7) is 1.76. The van der Waals surface area contributed by atoms with Crippen LogP contribution in [0.15, 0.2) is 40.9 Å². The maximum atomic E-state index is 13.3. The van der Waals surface area contributed by atoms with E-state index in [1.54, 1.807) is 25.1 Å². The first-order chi connectivity index (χ1) is 9.88. The predicted octanol–water partition coefficient (Wildman–Crippen LogP) is 4.31. The minimum absolute atomic E-state index is 0.163. The van der Waals surface area contributed by atoms with E-state index in [0.717, 1.165) is 22.7 Å². The van der Waals surface area contributed by atoms with Crippen molar-refractivity contribution in [2.24, 2.45) is 5.73 Å². The van der Waals surface area contributed by atoms with E-state index in [1.807, 2.05) is 0 Å². The van der Waals surface area contributed by atoms with Gasteiger partial charge in [-0.05, 0) is 31.2 Å². The third-order valence-electron chi connectivity index (χ3n) is 2.80. The number of nitro benzene ring substituents is 1. The molecule has 0 radical (unpaired) electrons. The molecule has 2 N–H and O–H groups in total. The van der Waals surface area contributed by atoms with Gasteiger partial charge in [-0.3, -0.25) is 10.1 Å². The molecule has 0 spiro atoms. The van der Waals surface area contributed by atoms with E-state index in [1.165, 1.54) is 0 Å². The third kappa shape index (κ3) is 3.56. The predicted molar refractivity (Wildman–Crippen MR) is 79.9 cm³/mol. The van der Waals surface area contributed by atoms with Crippen molar-refractivity contribution >= 4 is 21.6 Å². The highest BCUT2D eigenvalue weighted by molar-refractivity contribution is 9.10. The molecule has 5 nitrogen and oxygen atoms in total. The molecule has 0 saturated carbocycles. The minimum atomic E-state index is -0.626. The monoisotopic (exact) mass is 354 g/mol. The van der Waals surface area contributed by atoms with E-state index in [2.05, 4.69) is 15.9 Å². The van der Waals surface area contributed by atoms with Crippen molar-refractivity contribution in [1.29, 1.82) is 0 Å². The van der Waals surface area contributed by atoms with Gasteiger partial charge in [0.1, 0.15) is 11.6 Å². The number of rotatable bonds is 4. The van der Waals surface area contributed by atoms with Gasteiger partial charge in [-0.2, -0.15) is 0 Å². The lowest BCUT2D eigenvalue weighted by Crippen LogP contribution is -2.07. The number of benzene rings is 2. The first kappa shape index (κ1) is 15.4. The first-order valence-corrected chi connectivity index (χ1v) is 6.84. The summed E-state index contributed by atoms with van der Waals surface area (Å²) in [6.07, 6.45) is 0. The Hall–Kier alpha value is -1.99. The third-order valence-corrected chi connectivity index (χ3v) is 3.29. The average Bonchev–Trinajstić information content (AvgIpc) is 2.40. The number of nitrogens with zero attached hydrogens (tertiary/aromatic N) is 1. The molecule has 2 aromatic rings. The SMILES string of the molecule is CC(N)c1cc(Br)ccc1Oc1cc(F)ccc1[N+](=O)[O-]. The molecule has 0 aromatic heterocycles. The summed E-state index contributed by atoms with van der Waals surface area (Å²) >= 11 is 3.32. The van der Waals surface area contributed by atoms with Gasteiger partial charge in [0.05, 0.1) is 4.92 Å². The molecule has 0 fully saturated rings. The topological polar surface area (TPSA) is 78.4 Å². The normalized spacial score (nSPS) is 12.0. The summed E-state index contributed by atoms with van der Waals surface area (Å²) in [5.41, 5.74) is 6.20. The molecule has 2 rings (SSSR count). The molecule has 2 aromatic carbocycles. The van der Waals surface area contributed by atoms with E-state index in [9.17, 15) is 14.5 Å². The van der Waals surface area contributed by atoms with Crippen LogP contribution in [0.25, 0.3) is 0 Å². The highest BCUT2D eigenvalue weighted by Crippen LogP contribution is 2.36. The lowest BCUT2D eigenvalue weighted by molar-refractivity contribution is -0.385. The molecule has 0 bridgehead atoms. The summed E-state index contributed by atoms with van der Waals surface area (Å²) in [5, 5.41) is 11.0. The minimum Gasteiger partial charge on any atom is -0.450 e. The van der Waals surface area contributed by atoms with Crippen molar-refractivity contribution in [2.45, 2.75) is 13.0 Å². The lowest BCUT2D eigenvalue weighted by Gasteiger charge is -2.14. The number of ether oxygens (including phenoxy) is 1. The molecule has 0 amide bonds. The summed E-state index contributed by atoms with van der Waals surface area (Å²) in [5.74, 6) is -0.429. The Labute approximate surface area is 128 Å². The van der Waals surface area contributed by atoms with E-state index in [4.69, 9.17) is 10.5 Å². The summed E-state index contributed by atoms with van der Waals surface area (Å²) < 4.78 is 19.6. The van der Waals surface area contributed by atoms with E-state index >= 15 is 0 Å². The molecule has 0 saturated heterocycles. The molecule has 21 heavy (non-hydrogen) atoms. The van der Waals surface area contributed by atoms with Crippen LogP contribution in [-0.4, -0.2) is 4.92 Å². The van der Waals surface area contributed by atoms with Crippen molar-refractivity contribution in [3.63, 3.8) is 0 Å². The fourth-order valence-corrected chi connectivity index (χ4v) is 2.19. The molecule has 0 heterocycles. The zero-order chi connectivity index (χ0) is 15.6. The van der Waals surface area contributed by atoms with Gasteiger partial charge in [0.15, 0.2) is 0 Å². The number of halogens is 2. The zero-order valence-electron chi connectivity index (χ0n) is 11.0. The quantitative estimate of drug-likeness (QED) is 0.655. The van der Waals surface area contributed by atoms with Crippen molar-refractivity contribution in [3.8, 4) is 11.5 Å². The Kier molecular flexibility index (Phi) is 4.54. The first-order valence-electron chi connectivity index (χ1n) is 6.05. The standard InChI is InChI=1S/C14H12BrFN2O3/c1-8(17)11-6-9(15)2-5-13(11)21-14-7-10(16)3-4-12(14)18(19)20/h2-8H,17H2,1H3. The van der Waals surface area contributed by atoms with Crippen LogP contribution in [0, 0.1) is 15.9 Å². The van der Waals surface area contributed by atoms with Gasteiger partial charge in [0.2, 0.25) is 5.75 Å². The van der Waals surface area contributed by atoms with Crippen LogP contribution in [0.1, 0.15) is 18.5 Å². The smallest absolute Gasteiger partial charge is 0.311 e. The fourth-order valence-electron chi connectivity index (χ4n) is 1.81. The summed E-state index contributed by atoms with van der Waals surface area (Å²) in [7, 11) is 0. The average molecular weight is 355 g/mol. The van der Waals surface area contributed by atoms with Crippen molar-refractivity contribution in [3.05, 3.63) is 62.4 Å². The van der Waals surface area contributed by atoms with Gasteiger partial charge in [0.25, 0.3) is 0 Å². The van der Waals surface area contributed by atoms with Crippen LogP contribution in [0.2, 0.25) is 0 Å². The van der Waals surface area contributed by atoms with Gasteiger partial charge in [-0.25, -0.2) is 4.39 Å². The van der Waals surface area contributed by atoms with Crippen LogP contribution in [0.3, 0.4) is 0 Å². The van der Waals surface area contributed by atoms with Crippen molar-refractivity contribution < 1.29 is 14.1 Å². The number of nitrogens with two attached hydrogens (primary N) is 1. The van der Waals surface area contributed by atoms with Crippen LogP contribution in [0.5, 0.6) is 11.5 Å². The maximum absolute atomic E-state index is 13.3. The van der Waals surface area contributed by atoms with Crippen LogP contribution in [-0.2, 0) is 0 Å². The fraction of sp³-hybridized carbons (Fsp3) is 0.143. The molecule has 1 unspecified atom stereocenters. The van der Waals surface area contributed by atoms with Gasteiger partial charge in [-0.1, -0.05) is 15.9 Å². The number of hydrogen-bond acceptors (Lipinski definition) is 4.